The summed E-state index contributed by atoms with van der Waals surface area (Å²) in [6, 6.07) is 5.69. The highest BCUT2D eigenvalue weighted by molar-refractivity contribution is 14.2. The second-order valence-corrected chi connectivity index (χ2v) is 7.16. The Kier molecular flexibility index (Phi) is 5.55. The van der Waals surface area contributed by atoms with Gasteiger partial charge in [0.05, 0.1) is 11.0 Å². The van der Waals surface area contributed by atoms with E-state index in [1.54, 1.807) is 32.6 Å². The minimum absolute atomic E-state index is 0.691. The molecule has 18 heavy (non-hydrogen) atoms. The van der Waals surface area contributed by atoms with Crippen LogP contribution in [0.2, 0.25) is 5.02 Å². The molecule has 1 heterocycles. The predicted octanol–water partition coefficient (Wildman–Crippen LogP) is 5.25. The number of hydrogen-bond donors (Lipinski definition) is 0. The van der Waals surface area contributed by atoms with Crippen molar-refractivity contribution in [3.63, 3.8) is 0 Å². The largest absolute Gasteiger partial charge is 0.243 e. The molecule has 0 bridgehead atoms. The van der Waals surface area contributed by atoms with Crippen molar-refractivity contribution >= 4 is 86.8 Å². The van der Waals surface area contributed by atoms with E-state index in [9.17, 15) is 0 Å². The van der Waals surface area contributed by atoms with E-state index in [4.69, 9.17) is 11.6 Å². The van der Waals surface area contributed by atoms with E-state index in [1.165, 1.54) is 0 Å². The number of benzene rings is 1. The normalized spacial score (nSPS) is 10.9. The molecule has 96 valence electrons. The summed E-state index contributed by atoms with van der Waals surface area (Å²) in [4.78, 5) is 9.08. The van der Waals surface area contributed by atoms with E-state index in [2.05, 4.69) is 31.2 Å². The summed E-state index contributed by atoms with van der Waals surface area (Å²) < 4.78 is 2.99. The van der Waals surface area contributed by atoms with Gasteiger partial charge in [-0.2, -0.15) is 4.99 Å². The maximum absolute atomic E-state index is 5.98. The van der Waals surface area contributed by atoms with Crippen LogP contribution in [0.15, 0.2) is 23.2 Å². The van der Waals surface area contributed by atoms with Crippen LogP contribution in [0.1, 0.15) is 0 Å². The standard InChI is InChI=1S/C10H9ClIN3S3/c1-16-10(17-2)14-9-13-7-5-6(11)3-4-8(7)15(9)18-12/h3-5H,1-2H3. The molecule has 0 fully saturated rings. The second-order valence-electron chi connectivity index (χ2n) is 3.19. The van der Waals surface area contributed by atoms with Crippen LogP contribution in [0.3, 0.4) is 0 Å². The van der Waals surface area contributed by atoms with Crippen LogP contribution in [0, 0.1) is 0 Å². The minimum Gasteiger partial charge on any atom is -0.241 e. The van der Waals surface area contributed by atoms with Gasteiger partial charge in [-0.1, -0.05) is 11.6 Å². The smallest absolute Gasteiger partial charge is 0.241 e. The van der Waals surface area contributed by atoms with Gasteiger partial charge in [0.25, 0.3) is 0 Å². The van der Waals surface area contributed by atoms with Gasteiger partial charge in [0.1, 0.15) is 4.38 Å². The average Bonchev–Trinajstić information content (AvgIpc) is 2.71. The lowest BCUT2D eigenvalue weighted by Gasteiger charge is -2.00. The maximum atomic E-state index is 5.98. The molecule has 0 saturated carbocycles. The molecule has 0 saturated heterocycles. The van der Waals surface area contributed by atoms with Crippen LogP contribution in [-0.4, -0.2) is 25.8 Å². The molecule has 1 aromatic heterocycles. The Balaban J connectivity index is 2.60. The van der Waals surface area contributed by atoms with Gasteiger partial charge in [0, 0.05) is 35.3 Å². The molecule has 0 unspecified atom stereocenters. The van der Waals surface area contributed by atoms with Crippen molar-refractivity contribution in [1.29, 1.82) is 0 Å². The van der Waals surface area contributed by atoms with E-state index in [0.29, 0.717) is 11.0 Å². The molecule has 0 radical (unpaired) electrons. The number of rotatable bonds is 2. The van der Waals surface area contributed by atoms with E-state index in [1.807, 2.05) is 34.7 Å². The Morgan fingerprint density at radius 3 is 2.72 bits per heavy atom. The third kappa shape index (κ3) is 3.12. The highest BCUT2D eigenvalue weighted by atomic mass is 127. The Morgan fingerprint density at radius 1 is 1.39 bits per heavy atom. The first-order valence-corrected chi connectivity index (χ1v) is 11.0. The molecule has 0 aliphatic heterocycles. The Bertz CT molecular complexity index is 593. The van der Waals surface area contributed by atoms with E-state index in [0.717, 1.165) is 15.4 Å². The molecule has 0 amide bonds. The van der Waals surface area contributed by atoms with E-state index in [-0.39, 0.29) is 0 Å². The lowest BCUT2D eigenvalue weighted by atomic mass is 10.3. The average molecular weight is 430 g/mol. The fourth-order valence-electron chi connectivity index (χ4n) is 1.41. The molecule has 3 nitrogen and oxygen atoms in total. The number of fused-ring (bicyclic) bond motifs is 1. The van der Waals surface area contributed by atoms with E-state index < -0.39 is 0 Å². The molecule has 8 heteroatoms. The second kappa shape index (κ2) is 6.74. The Labute approximate surface area is 135 Å². The number of halogens is 2. The van der Waals surface area contributed by atoms with Crippen molar-refractivity contribution in [2.45, 2.75) is 0 Å². The first-order chi connectivity index (χ1) is 8.69. The topological polar surface area (TPSA) is 30.2 Å². The Hall–Kier alpha value is 0.430. The van der Waals surface area contributed by atoms with Crippen LogP contribution in [-0.2, 0) is 0 Å². The number of nitrogens with zero attached hydrogens (tertiary/aromatic N) is 3. The molecular weight excluding hydrogens is 421 g/mol. The first-order valence-electron chi connectivity index (χ1n) is 4.83. The molecule has 0 aliphatic carbocycles. The zero-order valence-corrected chi connectivity index (χ0v) is 14.9. The summed E-state index contributed by atoms with van der Waals surface area (Å²) >= 11 is 11.4. The Morgan fingerprint density at radius 2 is 2.11 bits per heavy atom. The van der Waals surface area contributed by atoms with Crippen LogP contribution in [0.4, 0.5) is 5.95 Å². The summed E-state index contributed by atoms with van der Waals surface area (Å²) in [5.41, 5.74) is 1.89. The zero-order valence-electron chi connectivity index (χ0n) is 9.55. The van der Waals surface area contributed by atoms with Gasteiger partial charge in [-0.3, -0.25) is 0 Å². The van der Waals surface area contributed by atoms with Crippen molar-refractivity contribution < 1.29 is 0 Å². The predicted molar refractivity (Wildman–Crippen MR) is 95.9 cm³/mol. The molecular formula is C10H9ClIN3S3. The first kappa shape index (κ1) is 14.8. The number of aliphatic imine (C=N–C) groups is 1. The van der Waals surface area contributed by atoms with Crippen LogP contribution < -0.4 is 0 Å². The molecule has 2 rings (SSSR count). The summed E-state index contributed by atoms with van der Waals surface area (Å²) in [5.74, 6) is 0.699. The SMILES string of the molecule is CSC(=Nc1nc2cc(Cl)ccc2n1SI)SC. The lowest BCUT2D eigenvalue weighted by Crippen LogP contribution is -1.86. The van der Waals surface area contributed by atoms with Gasteiger partial charge < -0.3 is 0 Å². The van der Waals surface area contributed by atoms with Gasteiger partial charge in [0.15, 0.2) is 0 Å². The maximum Gasteiger partial charge on any atom is 0.243 e. The lowest BCUT2D eigenvalue weighted by molar-refractivity contribution is 1.22. The van der Waals surface area contributed by atoms with Gasteiger partial charge in [-0.15, -0.1) is 23.5 Å². The third-order valence-electron chi connectivity index (χ3n) is 2.17. The minimum atomic E-state index is 0.691. The van der Waals surface area contributed by atoms with E-state index >= 15 is 0 Å². The number of thioether (sulfide) groups is 2. The van der Waals surface area contributed by atoms with Gasteiger partial charge >= 0.3 is 0 Å². The molecule has 0 N–H and O–H groups in total. The van der Waals surface area contributed by atoms with Crippen molar-refractivity contribution in [2.75, 3.05) is 12.5 Å². The molecule has 0 atom stereocenters. The van der Waals surface area contributed by atoms with Crippen molar-refractivity contribution in [3.05, 3.63) is 23.2 Å². The summed E-state index contributed by atoms with van der Waals surface area (Å²) in [6.45, 7) is 0. The molecule has 0 aliphatic rings. The van der Waals surface area contributed by atoms with Crippen LogP contribution >= 0.6 is 65.4 Å². The fourth-order valence-corrected chi connectivity index (χ4v) is 4.13. The van der Waals surface area contributed by atoms with Crippen molar-refractivity contribution in [3.8, 4) is 0 Å². The van der Waals surface area contributed by atoms with Crippen molar-refractivity contribution in [1.82, 2.24) is 8.96 Å². The number of hydrogen-bond acceptors (Lipinski definition) is 5. The molecule has 1 aromatic carbocycles. The molecule has 2 aromatic rings. The summed E-state index contributed by atoms with van der Waals surface area (Å²) in [5, 5.41) is 0.691. The van der Waals surface area contributed by atoms with Gasteiger partial charge in [-0.05, 0) is 30.7 Å². The van der Waals surface area contributed by atoms with Gasteiger partial charge in [-0.25, -0.2) is 8.96 Å². The zero-order chi connectivity index (χ0) is 13.1. The van der Waals surface area contributed by atoms with Crippen molar-refractivity contribution in [2.24, 2.45) is 4.99 Å². The highest BCUT2D eigenvalue weighted by Gasteiger charge is 2.11. The molecule has 0 spiro atoms. The number of aromatic nitrogens is 2. The summed E-state index contributed by atoms with van der Waals surface area (Å²) in [6.07, 6.45) is 4.02. The monoisotopic (exact) mass is 429 g/mol. The highest BCUT2D eigenvalue weighted by Crippen LogP contribution is 2.32. The third-order valence-corrected chi connectivity index (χ3v) is 5.96. The van der Waals surface area contributed by atoms with Crippen LogP contribution in [0.5, 0.6) is 0 Å². The summed E-state index contributed by atoms with van der Waals surface area (Å²) in [7, 11) is 1.56. The fraction of sp³-hybridized carbons (Fsp3) is 0.200. The number of imidazole rings is 1. The van der Waals surface area contributed by atoms with Gasteiger partial charge in [0.2, 0.25) is 5.95 Å². The quantitative estimate of drug-likeness (QED) is 0.370. The van der Waals surface area contributed by atoms with Crippen LogP contribution in [0.25, 0.3) is 11.0 Å².